The fourth-order valence-corrected chi connectivity index (χ4v) is 6.16. The molecule has 8 nitrogen and oxygen atoms in total. The van der Waals surface area contributed by atoms with Gasteiger partial charge in [-0.3, -0.25) is 9.69 Å². The molecule has 9 heteroatoms. The second-order valence-electron chi connectivity index (χ2n) is 10.5. The molecular formula is C25H31ClN4O4. The Morgan fingerprint density at radius 3 is 2.71 bits per heavy atom. The highest BCUT2D eigenvalue weighted by Gasteiger charge is 2.59. The lowest BCUT2D eigenvalue weighted by Crippen LogP contribution is -2.60. The third kappa shape index (κ3) is 3.76. The minimum Gasteiger partial charge on any atom is -0.389 e. The molecule has 0 bridgehead atoms. The van der Waals surface area contributed by atoms with Crippen LogP contribution in [0.5, 0.6) is 0 Å². The second-order valence-corrected chi connectivity index (χ2v) is 10.9. The Bertz CT molecular complexity index is 1120. The molecule has 4 fully saturated rings. The van der Waals surface area contributed by atoms with E-state index in [0.29, 0.717) is 30.7 Å². The number of amides is 1. The van der Waals surface area contributed by atoms with E-state index in [1.165, 1.54) is 0 Å². The molecule has 34 heavy (non-hydrogen) atoms. The minimum atomic E-state index is -0.462. The van der Waals surface area contributed by atoms with E-state index in [1.807, 2.05) is 12.1 Å². The van der Waals surface area contributed by atoms with Gasteiger partial charge in [-0.05, 0) is 43.4 Å². The fourth-order valence-electron chi connectivity index (χ4n) is 5.87. The van der Waals surface area contributed by atoms with Crippen LogP contribution in [0.2, 0.25) is 5.02 Å². The summed E-state index contributed by atoms with van der Waals surface area (Å²) in [6.07, 6.45) is 3.18. The van der Waals surface area contributed by atoms with Crippen LogP contribution in [-0.4, -0.2) is 85.1 Å². The first-order valence-corrected chi connectivity index (χ1v) is 12.5. The van der Waals surface area contributed by atoms with Crippen LogP contribution in [0.4, 0.5) is 11.5 Å². The summed E-state index contributed by atoms with van der Waals surface area (Å²) in [7, 11) is 0. The number of fused-ring (bicyclic) bond motifs is 1. The van der Waals surface area contributed by atoms with Gasteiger partial charge in [0.2, 0.25) is 5.91 Å². The predicted molar refractivity (Wildman–Crippen MR) is 130 cm³/mol. The molecule has 1 saturated carbocycles. The number of anilines is 2. The standard InChI is InChI=1S/C25H31ClN4O4/c1-24(14-34-13-21(24)31)30-5-3-29(4-6-30)20-9-16-10-22(27-12-17(16)8-19(20)26)28-23(32)18-11-25(18)2-7-33-15-25/h8-10,12,18,21,31H,2-7,11,13-15H2,1H3,(H,27,28,32)/t18-,21+,24-,25?/m1/s1. The van der Waals surface area contributed by atoms with Crippen molar-refractivity contribution in [2.75, 3.05) is 62.8 Å². The highest BCUT2D eigenvalue weighted by atomic mass is 35.5. The number of benzene rings is 1. The molecule has 1 aromatic carbocycles. The van der Waals surface area contributed by atoms with Gasteiger partial charge in [-0.15, -0.1) is 0 Å². The zero-order valence-corrected chi connectivity index (χ0v) is 20.2. The number of hydrogen-bond acceptors (Lipinski definition) is 7. The fraction of sp³-hybridized carbons (Fsp3) is 0.600. The molecule has 1 aliphatic carbocycles. The van der Waals surface area contributed by atoms with E-state index in [2.05, 4.69) is 33.1 Å². The number of nitrogens with zero attached hydrogens (tertiary/aromatic N) is 3. The van der Waals surface area contributed by atoms with Crippen molar-refractivity contribution in [2.24, 2.45) is 11.3 Å². The predicted octanol–water partition coefficient (Wildman–Crippen LogP) is 2.53. The van der Waals surface area contributed by atoms with E-state index in [0.717, 1.165) is 62.1 Å². The van der Waals surface area contributed by atoms with Gasteiger partial charge in [0.25, 0.3) is 0 Å². The maximum atomic E-state index is 12.8. The third-order valence-electron chi connectivity index (χ3n) is 8.41. The molecule has 4 aliphatic rings. The summed E-state index contributed by atoms with van der Waals surface area (Å²) in [5.41, 5.74) is 0.708. The van der Waals surface area contributed by atoms with E-state index in [-0.39, 0.29) is 22.8 Å². The van der Waals surface area contributed by atoms with Crippen molar-refractivity contribution in [2.45, 2.75) is 31.4 Å². The molecule has 2 aromatic rings. The van der Waals surface area contributed by atoms with Gasteiger partial charge in [0.05, 0.1) is 42.2 Å². The third-order valence-corrected chi connectivity index (χ3v) is 8.71. The smallest absolute Gasteiger partial charge is 0.229 e. The molecule has 3 saturated heterocycles. The van der Waals surface area contributed by atoms with Gasteiger partial charge in [0.15, 0.2) is 0 Å². The number of pyridine rings is 1. The maximum Gasteiger partial charge on any atom is 0.229 e. The number of piperazine rings is 1. The maximum absolute atomic E-state index is 12.8. The van der Waals surface area contributed by atoms with Crippen LogP contribution < -0.4 is 10.2 Å². The van der Waals surface area contributed by atoms with E-state index in [1.54, 1.807) is 6.20 Å². The Morgan fingerprint density at radius 1 is 1.18 bits per heavy atom. The number of halogens is 1. The van der Waals surface area contributed by atoms with Crippen LogP contribution in [-0.2, 0) is 14.3 Å². The highest BCUT2D eigenvalue weighted by molar-refractivity contribution is 6.34. The highest BCUT2D eigenvalue weighted by Crippen LogP contribution is 2.58. The van der Waals surface area contributed by atoms with Gasteiger partial charge in [-0.25, -0.2) is 4.98 Å². The van der Waals surface area contributed by atoms with Crippen molar-refractivity contribution in [3.05, 3.63) is 29.4 Å². The van der Waals surface area contributed by atoms with Crippen LogP contribution in [0.1, 0.15) is 19.8 Å². The Balaban J connectivity index is 1.16. The lowest BCUT2D eigenvalue weighted by atomic mass is 9.95. The molecule has 1 spiro atoms. The molecule has 6 rings (SSSR count). The molecular weight excluding hydrogens is 456 g/mol. The van der Waals surface area contributed by atoms with E-state index >= 15 is 0 Å². The minimum absolute atomic E-state index is 0.0233. The van der Waals surface area contributed by atoms with Crippen molar-refractivity contribution in [1.82, 2.24) is 9.88 Å². The molecule has 182 valence electrons. The normalized spacial score (nSPS) is 33.7. The molecule has 4 atom stereocenters. The summed E-state index contributed by atoms with van der Waals surface area (Å²) in [5, 5.41) is 16.0. The lowest BCUT2D eigenvalue weighted by molar-refractivity contribution is -0.118. The summed E-state index contributed by atoms with van der Waals surface area (Å²) in [5.74, 6) is 0.629. The van der Waals surface area contributed by atoms with E-state index in [4.69, 9.17) is 21.1 Å². The quantitative estimate of drug-likeness (QED) is 0.686. The molecule has 1 aromatic heterocycles. The Hall–Kier alpha value is -1.97. The summed E-state index contributed by atoms with van der Waals surface area (Å²) < 4.78 is 11.0. The number of nitrogens with one attached hydrogen (secondary N) is 1. The molecule has 3 aliphatic heterocycles. The Kier molecular flexibility index (Phi) is 5.50. The summed E-state index contributed by atoms with van der Waals surface area (Å²) >= 11 is 6.67. The zero-order valence-electron chi connectivity index (χ0n) is 19.4. The monoisotopic (exact) mass is 486 g/mol. The number of ether oxygens (including phenoxy) is 2. The molecule has 1 amide bonds. The summed E-state index contributed by atoms with van der Waals surface area (Å²) in [6, 6.07) is 5.96. The van der Waals surface area contributed by atoms with Crippen molar-refractivity contribution in [3.8, 4) is 0 Å². The number of aliphatic hydroxyl groups is 1. The van der Waals surface area contributed by atoms with Gasteiger partial charge < -0.3 is 24.8 Å². The van der Waals surface area contributed by atoms with Crippen LogP contribution in [0.3, 0.4) is 0 Å². The number of rotatable bonds is 4. The number of hydrogen-bond donors (Lipinski definition) is 2. The topological polar surface area (TPSA) is 87.2 Å². The van der Waals surface area contributed by atoms with Gasteiger partial charge >= 0.3 is 0 Å². The largest absolute Gasteiger partial charge is 0.389 e. The number of aromatic nitrogens is 1. The lowest BCUT2D eigenvalue weighted by Gasteiger charge is -2.45. The van der Waals surface area contributed by atoms with Crippen molar-refractivity contribution >= 4 is 39.8 Å². The summed E-state index contributed by atoms with van der Waals surface area (Å²) in [6.45, 7) is 7.76. The van der Waals surface area contributed by atoms with Crippen molar-refractivity contribution in [1.29, 1.82) is 0 Å². The van der Waals surface area contributed by atoms with Crippen LogP contribution in [0.25, 0.3) is 10.8 Å². The van der Waals surface area contributed by atoms with E-state index < -0.39 is 6.10 Å². The Labute approximate surface area is 204 Å². The van der Waals surface area contributed by atoms with Crippen LogP contribution in [0.15, 0.2) is 24.4 Å². The average Bonchev–Trinajstić information content (AvgIpc) is 3.14. The second kappa shape index (κ2) is 8.31. The van der Waals surface area contributed by atoms with Crippen LogP contribution in [0, 0.1) is 11.3 Å². The van der Waals surface area contributed by atoms with Crippen LogP contribution >= 0.6 is 11.6 Å². The first-order chi connectivity index (χ1) is 16.4. The van der Waals surface area contributed by atoms with Gasteiger partial charge in [0, 0.05) is 55.7 Å². The number of carbonyl (C=O) groups excluding carboxylic acids is 1. The average molecular weight is 487 g/mol. The Morgan fingerprint density at radius 2 is 2.00 bits per heavy atom. The SMILES string of the molecule is C[C@@]1(N2CCN(c3cc4cc(NC(=O)[C@H]5CC56CCOC6)ncc4cc3Cl)CC2)COC[C@@H]1O. The molecule has 0 radical (unpaired) electrons. The summed E-state index contributed by atoms with van der Waals surface area (Å²) in [4.78, 5) is 21.8. The van der Waals surface area contributed by atoms with E-state index in [9.17, 15) is 9.90 Å². The molecule has 2 N–H and O–H groups in total. The van der Waals surface area contributed by atoms with Gasteiger partial charge in [0.1, 0.15) is 5.82 Å². The number of aliphatic hydroxyl groups excluding tert-OH is 1. The number of carbonyl (C=O) groups is 1. The zero-order chi connectivity index (χ0) is 23.5. The first-order valence-electron chi connectivity index (χ1n) is 12.1. The molecule has 4 heterocycles. The first kappa shape index (κ1) is 22.5. The molecule has 1 unspecified atom stereocenters. The van der Waals surface area contributed by atoms with Gasteiger partial charge in [-0.1, -0.05) is 11.6 Å². The van der Waals surface area contributed by atoms with Gasteiger partial charge in [-0.2, -0.15) is 0 Å². The van der Waals surface area contributed by atoms with Crippen molar-refractivity contribution < 1.29 is 19.4 Å². The van der Waals surface area contributed by atoms with Crippen molar-refractivity contribution in [3.63, 3.8) is 0 Å².